The highest BCUT2D eigenvalue weighted by Crippen LogP contribution is 2.52. The Morgan fingerprint density at radius 1 is 1.38 bits per heavy atom. The van der Waals surface area contributed by atoms with E-state index in [0.29, 0.717) is 31.4 Å². The van der Waals surface area contributed by atoms with E-state index in [4.69, 9.17) is 4.74 Å². The van der Waals surface area contributed by atoms with E-state index in [-0.39, 0.29) is 29.6 Å². The quantitative estimate of drug-likeness (QED) is 0.785. The number of ether oxygens (including phenoxy) is 1. The Balaban J connectivity index is 1.59. The number of esters is 1. The van der Waals surface area contributed by atoms with Gasteiger partial charge in [-0.15, -0.1) is 0 Å². The van der Waals surface area contributed by atoms with Gasteiger partial charge in [0.2, 0.25) is 0 Å². The molecule has 114 valence electrons. The lowest BCUT2D eigenvalue weighted by molar-refractivity contribution is -0.145. The molecule has 0 radical (unpaired) electrons. The second-order valence-electron chi connectivity index (χ2n) is 6.12. The third-order valence-corrected chi connectivity index (χ3v) is 4.46. The van der Waals surface area contributed by atoms with Crippen LogP contribution in [0.2, 0.25) is 0 Å². The first-order valence-corrected chi connectivity index (χ1v) is 7.52. The largest absolute Gasteiger partial charge is 0.466 e. The average Bonchev–Trinajstić information content (AvgIpc) is 2.87. The van der Waals surface area contributed by atoms with Gasteiger partial charge in [-0.2, -0.15) is 0 Å². The van der Waals surface area contributed by atoms with Crippen molar-refractivity contribution in [3.8, 4) is 0 Å². The molecule has 0 spiro atoms. The number of rotatable bonds is 4. The van der Waals surface area contributed by atoms with Crippen LogP contribution in [0.3, 0.4) is 0 Å². The number of amides is 1. The molecule has 0 aromatic carbocycles. The average molecular weight is 291 g/mol. The van der Waals surface area contributed by atoms with Crippen LogP contribution in [-0.2, 0) is 9.53 Å². The van der Waals surface area contributed by atoms with Crippen LogP contribution in [0.5, 0.6) is 0 Å². The third kappa shape index (κ3) is 2.43. The molecule has 0 bridgehead atoms. The van der Waals surface area contributed by atoms with Crippen LogP contribution in [0.25, 0.3) is 0 Å². The summed E-state index contributed by atoms with van der Waals surface area (Å²) in [5.74, 6) is 0.412. The number of aromatic nitrogens is 2. The molecule has 21 heavy (non-hydrogen) atoms. The lowest BCUT2D eigenvalue weighted by atomic mass is 10.2. The molecule has 2 aliphatic rings. The maximum absolute atomic E-state index is 12.4. The molecule has 1 aliphatic heterocycles. The van der Waals surface area contributed by atoms with E-state index in [1.165, 1.54) is 0 Å². The number of imidazole rings is 1. The van der Waals surface area contributed by atoms with Crippen LogP contribution in [0.4, 0.5) is 0 Å². The summed E-state index contributed by atoms with van der Waals surface area (Å²) in [6.45, 7) is 7.61. The summed E-state index contributed by atoms with van der Waals surface area (Å²) in [6, 6.07) is 0.291. The number of carbonyl (C=O) groups is 2. The maximum atomic E-state index is 12.4. The Kier molecular flexibility index (Phi) is 3.47. The number of fused-ring (bicyclic) bond motifs is 1. The fourth-order valence-corrected chi connectivity index (χ4v) is 3.17. The number of nitrogens with zero attached hydrogens (tertiary/aromatic N) is 3. The summed E-state index contributed by atoms with van der Waals surface area (Å²) < 4.78 is 6.98. The SMILES string of the molecule is CCOC(=O)C1C2CN(C(=O)c3cn(C(C)C)cn3)C[C@H]21. The molecule has 1 aromatic heterocycles. The molecule has 3 rings (SSSR count). The fraction of sp³-hybridized carbons (Fsp3) is 0.667. The van der Waals surface area contributed by atoms with Crippen molar-refractivity contribution in [2.24, 2.45) is 17.8 Å². The Morgan fingerprint density at radius 3 is 2.57 bits per heavy atom. The van der Waals surface area contributed by atoms with E-state index in [1.54, 1.807) is 17.4 Å². The molecular formula is C15H21N3O3. The zero-order valence-corrected chi connectivity index (χ0v) is 12.7. The molecule has 2 unspecified atom stereocenters. The standard InChI is InChI=1S/C15H21N3O3/c1-4-21-15(20)13-10-5-17(6-11(10)13)14(19)12-7-18(8-16-12)9(2)3/h7-11,13H,4-6H2,1-3H3/t10-,11?,13?/m1/s1. The van der Waals surface area contributed by atoms with Gasteiger partial charge in [-0.25, -0.2) is 4.98 Å². The van der Waals surface area contributed by atoms with Crippen LogP contribution in [-0.4, -0.2) is 46.0 Å². The van der Waals surface area contributed by atoms with Gasteiger partial charge in [0.25, 0.3) is 5.91 Å². The summed E-state index contributed by atoms with van der Waals surface area (Å²) in [5, 5.41) is 0. The van der Waals surface area contributed by atoms with E-state index in [2.05, 4.69) is 4.98 Å². The molecular weight excluding hydrogens is 270 g/mol. The number of hydrogen-bond acceptors (Lipinski definition) is 4. The normalized spacial score (nSPS) is 26.9. The van der Waals surface area contributed by atoms with Gasteiger partial charge in [0.1, 0.15) is 5.69 Å². The molecule has 2 fully saturated rings. The van der Waals surface area contributed by atoms with Crippen molar-refractivity contribution in [3.63, 3.8) is 0 Å². The highest BCUT2D eigenvalue weighted by atomic mass is 16.5. The Bertz CT molecular complexity index is 554. The number of likely N-dealkylation sites (tertiary alicyclic amines) is 1. The maximum Gasteiger partial charge on any atom is 0.309 e. The van der Waals surface area contributed by atoms with Crippen molar-refractivity contribution in [2.75, 3.05) is 19.7 Å². The van der Waals surface area contributed by atoms with E-state index in [9.17, 15) is 9.59 Å². The predicted molar refractivity (Wildman–Crippen MR) is 75.6 cm³/mol. The Morgan fingerprint density at radius 2 is 2.05 bits per heavy atom. The van der Waals surface area contributed by atoms with Crippen LogP contribution >= 0.6 is 0 Å². The van der Waals surface area contributed by atoms with Crippen LogP contribution in [0.15, 0.2) is 12.5 Å². The summed E-state index contributed by atoms with van der Waals surface area (Å²) in [7, 11) is 0. The predicted octanol–water partition coefficient (Wildman–Crippen LogP) is 1.35. The lowest BCUT2D eigenvalue weighted by Gasteiger charge is -2.18. The summed E-state index contributed by atoms with van der Waals surface area (Å²) in [4.78, 5) is 30.1. The van der Waals surface area contributed by atoms with E-state index in [0.717, 1.165) is 0 Å². The molecule has 3 atom stereocenters. The Hall–Kier alpha value is -1.85. The van der Waals surface area contributed by atoms with Crippen molar-refractivity contribution in [1.29, 1.82) is 0 Å². The van der Waals surface area contributed by atoms with Gasteiger partial charge >= 0.3 is 5.97 Å². The van der Waals surface area contributed by atoms with Gasteiger partial charge in [-0.1, -0.05) is 0 Å². The van der Waals surface area contributed by atoms with Crippen LogP contribution in [0, 0.1) is 17.8 Å². The number of piperidine rings is 1. The molecule has 6 nitrogen and oxygen atoms in total. The molecule has 1 aliphatic carbocycles. The minimum Gasteiger partial charge on any atom is -0.466 e. The zero-order valence-electron chi connectivity index (χ0n) is 12.7. The highest BCUT2D eigenvalue weighted by molar-refractivity contribution is 5.92. The minimum absolute atomic E-state index is 0.00206. The van der Waals surface area contributed by atoms with Crippen molar-refractivity contribution < 1.29 is 14.3 Å². The van der Waals surface area contributed by atoms with Gasteiger partial charge in [0, 0.05) is 25.3 Å². The van der Waals surface area contributed by atoms with E-state index < -0.39 is 0 Å². The molecule has 1 amide bonds. The minimum atomic E-state index is -0.108. The van der Waals surface area contributed by atoms with Crippen molar-refractivity contribution in [3.05, 3.63) is 18.2 Å². The van der Waals surface area contributed by atoms with Crippen molar-refractivity contribution >= 4 is 11.9 Å². The summed E-state index contributed by atoms with van der Waals surface area (Å²) in [5.41, 5.74) is 0.484. The van der Waals surface area contributed by atoms with Crippen molar-refractivity contribution in [1.82, 2.24) is 14.5 Å². The Labute approximate surface area is 124 Å². The number of hydrogen-bond donors (Lipinski definition) is 0. The molecule has 2 heterocycles. The zero-order chi connectivity index (χ0) is 15.1. The van der Waals surface area contributed by atoms with Crippen LogP contribution < -0.4 is 0 Å². The second kappa shape index (κ2) is 5.16. The van der Waals surface area contributed by atoms with Gasteiger partial charge in [0.05, 0.1) is 18.9 Å². The first-order chi connectivity index (χ1) is 10.0. The summed E-state index contributed by atoms with van der Waals surface area (Å²) >= 11 is 0. The van der Waals surface area contributed by atoms with Crippen molar-refractivity contribution in [2.45, 2.75) is 26.8 Å². The highest BCUT2D eigenvalue weighted by Gasteiger charge is 2.61. The lowest BCUT2D eigenvalue weighted by Crippen LogP contribution is -2.33. The van der Waals surface area contributed by atoms with Gasteiger partial charge in [-0.05, 0) is 32.6 Å². The fourth-order valence-electron chi connectivity index (χ4n) is 3.17. The van der Waals surface area contributed by atoms with E-state index >= 15 is 0 Å². The monoisotopic (exact) mass is 291 g/mol. The van der Waals surface area contributed by atoms with Crippen LogP contribution in [0.1, 0.15) is 37.3 Å². The molecule has 1 saturated carbocycles. The topological polar surface area (TPSA) is 64.4 Å². The molecule has 1 saturated heterocycles. The van der Waals surface area contributed by atoms with E-state index in [1.807, 2.05) is 25.3 Å². The first-order valence-electron chi connectivity index (χ1n) is 7.52. The first kappa shape index (κ1) is 14.1. The van der Waals surface area contributed by atoms with Gasteiger partial charge in [-0.3, -0.25) is 9.59 Å². The number of carbonyl (C=O) groups excluding carboxylic acids is 2. The smallest absolute Gasteiger partial charge is 0.309 e. The molecule has 6 heteroatoms. The third-order valence-electron chi connectivity index (χ3n) is 4.46. The van der Waals surface area contributed by atoms with Gasteiger partial charge in [0.15, 0.2) is 0 Å². The summed E-state index contributed by atoms with van der Waals surface area (Å²) in [6.07, 6.45) is 3.48. The van der Waals surface area contributed by atoms with Gasteiger partial charge < -0.3 is 14.2 Å². The second-order valence-corrected chi connectivity index (χ2v) is 6.12. The molecule has 0 N–H and O–H groups in total. The molecule has 1 aromatic rings.